The fourth-order valence-electron chi connectivity index (χ4n) is 1.23. The molecular formula is C11H14F3NO. The van der Waals surface area contributed by atoms with Gasteiger partial charge in [-0.2, -0.15) is 13.2 Å². The highest BCUT2D eigenvalue weighted by Gasteiger charge is 2.26. The molecule has 0 saturated heterocycles. The molecule has 0 unspecified atom stereocenters. The fourth-order valence-corrected chi connectivity index (χ4v) is 1.23. The third-order valence-electron chi connectivity index (χ3n) is 1.93. The molecule has 0 aliphatic rings. The zero-order valence-electron chi connectivity index (χ0n) is 8.97. The van der Waals surface area contributed by atoms with Crippen LogP contribution in [0.4, 0.5) is 13.2 Å². The molecule has 0 radical (unpaired) electrons. The van der Waals surface area contributed by atoms with E-state index in [9.17, 15) is 13.2 Å². The molecule has 5 heteroatoms. The number of alkyl halides is 3. The Labute approximate surface area is 92.4 Å². The van der Waals surface area contributed by atoms with Crippen molar-refractivity contribution in [2.24, 2.45) is 0 Å². The average molecular weight is 233 g/mol. The summed E-state index contributed by atoms with van der Waals surface area (Å²) < 4.78 is 40.6. The Bertz CT molecular complexity index is 325. The highest BCUT2D eigenvalue weighted by atomic mass is 19.4. The van der Waals surface area contributed by atoms with E-state index in [0.717, 1.165) is 5.56 Å². The Balaban J connectivity index is 2.44. The summed E-state index contributed by atoms with van der Waals surface area (Å²) in [5, 5.41) is 2.96. The molecule has 1 N–H and O–H groups in total. The minimum atomic E-state index is -4.16. The second-order valence-corrected chi connectivity index (χ2v) is 3.39. The smallest absolute Gasteiger partial charge is 0.392 e. The van der Waals surface area contributed by atoms with E-state index in [1.165, 1.54) is 0 Å². The van der Waals surface area contributed by atoms with Gasteiger partial charge in [0.15, 0.2) is 0 Å². The maximum Gasteiger partial charge on any atom is 0.392 e. The molecule has 0 aliphatic heterocycles. The Morgan fingerprint density at radius 1 is 1.31 bits per heavy atom. The number of nitrogens with one attached hydrogen (secondary N) is 1. The van der Waals surface area contributed by atoms with Gasteiger partial charge >= 0.3 is 6.18 Å². The Morgan fingerprint density at radius 3 is 2.69 bits per heavy atom. The maximum atomic E-state index is 11.9. The highest BCUT2D eigenvalue weighted by molar-refractivity contribution is 5.28. The summed E-state index contributed by atoms with van der Waals surface area (Å²) >= 11 is 0. The minimum absolute atomic E-state index is 0.341. The van der Waals surface area contributed by atoms with Crippen LogP contribution in [-0.2, 0) is 6.54 Å². The predicted molar refractivity (Wildman–Crippen MR) is 55.4 cm³/mol. The molecule has 2 nitrogen and oxygen atoms in total. The first-order valence-corrected chi connectivity index (χ1v) is 4.94. The lowest BCUT2D eigenvalue weighted by Gasteiger charge is -2.09. The van der Waals surface area contributed by atoms with Gasteiger partial charge in [0.25, 0.3) is 0 Å². The van der Waals surface area contributed by atoms with Crippen molar-refractivity contribution in [3.63, 3.8) is 0 Å². The standard InChI is InChI=1S/C11H14F3NO/c1-15-8-9-3-2-4-10(7-9)16-6-5-11(12,13)14/h2-4,7,15H,5-6,8H2,1H3. The van der Waals surface area contributed by atoms with Crippen LogP contribution in [0.2, 0.25) is 0 Å². The molecule has 90 valence electrons. The van der Waals surface area contributed by atoms with E-state index in [0.29, 0.717) is 12.3 Å². The molecule has 0 atom stereocenters. The average Bonchev–Trinajstić information content (AvgIpc) is 2.17. The van der Waals surface area contributed by atoms with E-state index in [2.05, 4.69) is 5.32 Å². The van der Waals surface area contributed by atoms with Gasteiger partial charge in [0.05, 0.1) is 13.0 Å². The molecule has 0 aliphatic carbocycles. The normalized spacial score (nSPS) is 11.5. The Morgan fingerprint density at radius 2 is 2.06 bits per heavy atom. The van der Waals surface area contributed by atoms with Gasteiger partial charge in [-0.1, -0.05) is 12.1 Å². The second kappa shape index (κ2) is 5.75. The molecule has 0 aromatic heterocycles. The van der Waals surface area contributed by atoms with Gasteiger partial charge in [-0.15, -0.1) is 0 Å². The lowest BCUT2D eigenvalue weighted by molar-refractivity contribution is -0.139. The molecule has 0 spiro atoms. The Hall–Kier alpha value is -1.23. The zero-order chi connectivity index (χ0) is 12.0. The molecule has 1 rings (SSSR count). The second-order valence-electron chi connectivity index (χ2n) is 3.39. The van der Waals surface area contributed by atoms with Crippen LogP contribution in [0.25, 0.3) is 0 Å². The van der Waals surface area contributed by atoms with Crippen LogP contribution in [0, 0.1) is 0 Å². The largest absolute Gasteiger partial charge is 0.493 e. The van der Waals surface area contributed by atoms with Gasteiger partial charge in [-0.05, 0) is 24.7 Å². The van der Waals surface area contributed by atoms with Crippen LogP contribution in [0.3, 0.4) is 0 Å². The van der Waals surface area contributed by atoms with Crippen molar-refractivity contribution in [3.05, 3.63) is 29.8 Å². The molecule has 0 bridgehead atoms. The molecular weight excluding hydrogens is 219 g/mol. The summed E-state index contributed by atoms with van der Waals surface area (Å²) in [4.78, 5) is 0. The van der Waals surface area contributed by atoms with Gasteiger partial charge < -0.3 is 10.1 Å². The van der Waals surface area contributed by atoms with Crippen molar-refractivity contribution in [1.29, 1.82) is 0 Å². The topological polar surface area (TPSA) is 21.3 Å². The Kier molecular flexibility index (Phi) is 4.61. The van der Waals surface area contributed by atoms with E-state index >= 15 is 0 Å². The fraction of sp³-hybridized carbons (Fsp3) is 0.455. The number of hydrogen-bond donors (Lipinski definition) is 1. The van der Waals surface area contributed by atoms with Crippen LogP contribution in [0.15, 0.2) is 24.3 Å². The van der Waals surface area contributed by atoms with Crippen molar-refractivity contribution >= 4 is 0 Å². The third-order valence-corrected chi connectivity index (χ3v) is 1.93. The van der Waals surface area contributed by atoms with Crippen LogP contribution in [-0.4, -0.2) is 19.8 Å². The lowest BCUT2D eigenvalue weighted by atomic mass is 10.2. The maximum absolute atomic E-state index is 11.9. The van der Waals surface area contributed by atoms with Crippen molar-refractivity contribution in [2.75, 3.05) is 13.7 Å². The van der Waals surface area contributed by atoms with Crippen LogP contribution < -0.4 is 10.1 Å². The van der Waals surface area contributed by atoms with Crippen LogP contribution >= 0.6 is 0 Å². The summed E-state index contributed by atoms with van der Waals surface area (Å²) in [6.07, 6.45) is -5.09. The first kappa shape index (κ1) is 12.8. The SMILES string of the molecule is CNCc1cccc(OCCC(F)(F)F)c1. The molecule has 0 fully saturated rings. The number of ether oxygens (including phenoxy) is 1. The number of benzene rings is 1. The molecule has 1 aromatic carbocycles. The minimum Gasteiger partial charge on any atom is -0.493 e. The predicted octanol–water partition coefficient (Wildman–Crippen LogP) is 2.74. The van der Waals surface area contributed by atoms with E-state index in [1.807, 2.05) is 6.07 Å². The first-order chi connectivity index (χ1) is 7.51. The summed E-state index contributed by atoms with van der Waals surface area (Å²) in [7, 11) is 1.80. The van der Waals surface area contributed by atoms with Crippen molar-refractivity contribution in [1.82, 2.24) is 5.32 Å². The highest BCUT2D eigenvalue weighted by Crippen LogP contribution is 2.20. The van der Waals surface area contributed by atoms with Crippen molar-refractivity contribution < 1.29 is 17.9 Å². The molecule has 0 amide bonds. The summed E-state index contributed by atoms with van der Waals surface area (Å²) in [6.45, 7) is 0.322. The third kappa shape index (κ3) is 5.02. The van der Waals surface area contributed by atoms with Gasteiger partial charge in [-0.3, -0.25) is 0 Å². The quantitative estimate of drug-likeness (QED) is 0.844. The van der Waals surface area contributed by atoms with Gasteiger partial charge in [0.1, 0.15) is 5.75 Å². The molecule has 1 aromatic rings. The molecule has 16 heavy (non-hydrogen) atoms. The van der Waals surface area contributed by atoms with Gasteiger partial charge in [0.2, 0.25) is 0 Å². The molecule has 0 heterocycles. The number of rotatable bonds is 5. The van der Waals surface area contributed by atoms with E-state index in [1.54, 1.807) is 25.2 Å². The van der Waals surface area contributed by atoms with E-state index in [4.69, 9.17) is 4.74 Å². The van der Waals surface area contributed by atoms with Crippen LogP contribution in [0.5, 0.6) is 5.75 Å². The summed E-state index contributed by atoms with van der Waals surface area (Å²) in [5.74, 6) is 0.469. The summed E-state index contributed by atoms with van der Waals surface area (Å²) in [6, 6.07) is 7.02. The summed E-state index contributed by atoms with van der Waals surface area (Å²) in [5.41, 5.74) is 0.979. The first-order valence-electron chi connectivity index (χ1n) is 4.94. The van der Waals surface area contributed by atoms with Gasteiger partial charge in [-0.25, -0.2) is 0 Å². The van der Waals surface area contributed by atoms with E-state index < -0.39 is 12.6 Å². The van der Waals surface area contributed by atoms with E-state index in [-0.39, 0.29) is 6.61 Å². The van der Waals surface area contributed by atoms with Crippen molar-refractivity contribution in [3.8, 4) is 5.75 Å². The lowest BCUT2D eigenvalue weighted by Crippen LogP contribution is -2.13. The zero-order valence-corrected chi connectivity index (χ0v) is 8.97. The molecule has 0 saturated carbocycles. The number of hydrogen-bond acceptors (Lipinski definition) is 2. The number of halogens is 3. The van der Waals surface area contributed by atoms with Crippen molar-refractivity contribution in [2.45, 2.75) is 19.1 Å². The van der Waals surface area contributed by atoms with Crippen LogP contribution in [0.1, 0.15) is 12.0 Å². The van der Waals surface area contributed by atoms with Gasteiger partial charge in [0, 0.05) is 6.54 Å². The monoisotopic (exact) mass is 233 g/mol.